The van der Waals surface area contributed by atoms with E-state index in [0.29, 0.717) is 17.2 Å². The number of carbonyl (C=O) groups excluding carboxylic acids is 2. The average molecular weight is 608 g/mol. The number of ether oxygens (including phenoxy) is 1. The molecule has 39 heavy (non-hydrogen) atoms. The molecule has 0 heterocycles. The van der Waals surface area contributed by atoms with Crippen molar-refractivity contribution >= 4 is 50.1 Å². The number of hydrogen-bond acceptors (Lipinski definition) is 3. The number of nitrogens with zero attached hydrogens (tertiary/aromatic N) is 1. The van der Waals surface area contributed by atoms with E-state index >= 15 is 0 Å². The Morgan fingerprint density at radius 2 is 1.62 bits per heavy atom. The molecule has 0 saturated heterocycles. The third-order valence-electron chi connectivity index (χ3n) is 6.19. The van der Waals surface area contributed by atoms with Crippen LogP contribution in [0, 0.1) is 0 Å². The third kappa shape index (κ3) is 7.84. The van der Waals surface area contributed by atoms with Gasteiger partial charge in [0.15, 0.2) is 6.61 Å². The van der Waals surface area contributed by atoms with Gasteiger partial charge in [-0.1, -0.05) is 84.4 Å². The summed E-state index contributed by atoms with van der Waals surface area (Å²) in [6.07, 6.45) is 0.356. The van der Waals surface area contributed by atoms with E-state index in [-0.39, 0.29) is 25.0 Å². The Kier molecular flexibility index (Phi) is 9.31. The van der Waals surface area contributed by atoms with Crippen molar-refractivity contribution < 1.29 is 14.3 Å². The molecule has 0 saturated carbocycles. The first-order chi connectivity index (χ1) is 18.6. The summed E-state index contributed by atoms with van der Waals surface area (Å²) < 4.78 is 6.81. The highest BCUT2D eigenvalue weighted by Gasteiger charge is 2.32. The highest BCUT2D eigenvalue weighted by Crippen LogP contribution is 2.33. The van der Waals surface area contributed by atoms with Crippen molar-refractivity contribution in [3.8, 4) is 5.75 Å². The van der Waals surface area contributed by atoms with Crippen LogP contribution in [0.15, 0.2) is 95.5 Å². The maximum Gasteiger partial charge on any atom is 0.261 e. The smallest absolute Gasteiger partial charge is 0.261 e. The van der Waals surface area contributed by atoms with Crippen LogP contribution >= 0.6 is 27.5 Å². The number of hydrogen-bond donors (Lipinski definition) is 1. The predicted octanol–water partition coefficient (Wildman–Crippen LogP) is 7.19. The molecule has 0 aliphatic rings. The van der Waals surface area contributed by atoms with Gasteiger partial charge in [0, 0.05) is 23.5 Å². The second-order valence-electron chi connectivity index (χ2n) is 10.5. The van der Waals surface area contributed by atoms with Crippen LogP contribution in [0.5, 0.6) is 5.75 Å². The van der Waals surface area contributed by atoms with E-state index < -0.39 is 11.6 Å². The van der Waals surface area contributed by atoms with E-state index in [9.17, 15) is 9.59 Å². The number of amides is 2. The molecular formula is C32H32BrClN2O3. The van der Waals surface area contributed by atoms with E-state index in [1.54, 1.807) is 11.0 Å². The SMILES string of the molecule is CC(C)(C)NC(=O)[C@@H](Cc1ccccc1)N(Cc1cccc(Cl)c1)C(=O)COc1ccc2ccccc2c1Br. The zero-order valence-corrected chi connectivity index (χ0v) is 24.6. The summed E-state index contributed by atoms with van der Waals surface area (Å²) in [5.41, 5.74) is 1.31. The maximum atomic E-state index is 13.9. The molecule has 1 N–H and O–H groups in total. The molecule has 7 heteroatoms. The Hall–Kier alpha value is -3.35. The lowest BCUT2D eigenvalue weighted by Crippen LogP contribution is -2.55. The maximum absolute atomic E-state index is 13.9. The Morgan fingerprint density at radius 3 is 2.33 bits per heavy atom. The first kappa shape index (κ1) is 28.7. The summed E-state index contributed by atoms with van der Waals surface area (Å²) in [6, 6.07) is 28.0. The fourth-order valence-electron chi connectivity index (χ4n) is 4.39. The second kappa shape index (κ2) is 12.7. The van der Waals surface area contributed by atoms with Crippen molar-refractivity contribution in [2.75, 3.05) is 6.61 Å². The van der Waals surface area contributed by atoms with Crippen molar-refractivity contribution in [1.82, 2.24) is 10.2 Å². The van der Waals surface area contributed by atoms with Crippen molar-refractivity contribution in [2.24, 2.45) is 0 Å². The summed E-state index contributed by atoms with van der Waals surface area (Å²) in [7, 11) is 0. The molecule has 1 atom stereocenters. The summed E-state index contributed by atoms with van der Waals surface area (Å²) in [5.74, 6) is 0.0251. The minimum Gasteiger partial charge on any atom is -0.483 e. The molecule has 0 spiro atoms. The van der Waals surface area contributed by atoms with E-state index in [1.165, 1.54) is 0 Å². The Morgan fingerprint density at radius 1 is 0.923 bits per heavy atom. The number of fused-ring (bicyclic) bond motifs is 1. The third-order valence-corrected chi connectivity index (χ3v) is 7.24. The molecule has 0 aliphatic carbocycles. The molecular weight excluding hydrogens is 576 g/mol. The van der Waals surface area contributed by atoms with Crippen LogP contribution in [0.3, 0.4) is 0 Å². The highest BCUT2D eigenvalue weighted by atomic mass is 79.9. The van der Waals surface area contributed by atoms with Gasteiger partial charge in [-0.3, -0.25) is 9.59 Å². The molecule has 4 aromatic rings. The molecule has 4 aromatic carbocycles. The fraction of sp³-hybridized carbons (Fsp3) is 0.250. The van der Waals surface area contributed by atoms with Gasteiger partial charge in [0.25, 0.3) is 5.91 Å². The van der Waals surface area contributed by atoms with Gasteiger partial charge < -0.3 is 15.0 Å². The number of nitrogens with one attached hydrogen (secondary N) is 1. The van der Waals surface area contributed by atoms with Gasteiger partial charge in [-0.15, -0.1) is 0 Å². The lowest BCUT2D eigenvalue weighted by Gasteiger charge is -2.33. The number of halogens is 2. The molecule has 5 nitrogen and oxygen atoms in total. The Bertz CT molecular complexity index is 1450. The minimum absolute atomic E-state index is 0.205. The van der Waals surface area contributed by atoms with Crippen LogP contribution in [0.1, 0.15) is 31.9 Å². The van der Waals surface area contributed by atoms with Gasteiger partial charge in [0.05, 0.1) is 4.47 Å². The first-order valence-corrected chi connectivity index (χ1v) is 14.0. The van der Waals surface area contributed by atoms with Gasteiger partial charge in [0.2, 0.25) is 5.91 Å². The molecule has 4 rings (SSSR count). The van der Waals surface area contributed by atoms with Crippen LogP contribution in [0.25, 0.3) is 10.8 Å². The van der Waals surface area contributed by atoms with Crippen LogP contribution in [-0.4, -0.2) is 34.9 Å². The molecule has 0 aromatic heterocycles. The van der Waals surface area contributed by atoms with Crippen LogP contribution in [0.4, 0.5) is 0 Å². The summed E-state index contributed by atoms with van der Waals surface area (Å²) >= 11 is 9.89. The fourth-order valence-corrected chi connectivity index (χ4v) is 5.21. The van der Waals surface area contributed by atoms with Gasteiger partial charge in [-0.05, 0) is 76.8 Å². The minimum atomic E-state index is -0.762. The van der Waals surface area contributed by atoms with Crippen LogP contribution < -0.4 is 10.1 Å². The predicted molar refractivity (Wildman–Crippen MR) is 161 cm³/mol. The summed E-state index contributed by atoms with van der Waals surface area (Å²) in [4.78, 5) is 29.1. The van der Waals surface area contributed by atoms with Crippen molar-refractivity contribution in [3.05, 3.63) is 112 Å². The van der Waals surface area contributed by atoms with Crippen molar-refractivity contribution in [3.63, 3.8) is 0 Å². The summed E-state index contributed by atoms with van der Waals surface area (Å²) in [6.45, 7) is 5.75. The van der Waals surface area contributed by atoms with Crippen molar-refractivity contribution in [1.29, 1.82) is 0 Å². The quantitative estimate of drug-likeness (QED) is 0.219. The number of carbonyl (C=O) groups is 2. The summed E-state index contributed by atoms with van der Waals surface area (Å²) in [5, 5.41) is 5.69. The molecule has 0 unspecified atom stereocenters. The van der Waals surface area contributed by atoms with E-state index in [2.05, 4.69) is 21.2 Å². The lowest BCUT2D eigenvalue weighted by molar-refractivity contribution is -0.143. The Balaban J connectivity index is 1.66. The Labute approximate surface area is 243 Å². The van der Waals surface area contributed by atoms with Gasteiger partial charge in [-0.2, -0.15) is 0 Å². The van der Waals surface area contributed by atoms with Crippen LogP contribution in [-0.2, 0) is 22.6 Å². The standard InChI is InChI=1S/C32H32BrClN2O3/c1-32(2,3)35-31(38)27(19-22-10-5-4-6-11-22)36(20-23-12-9-14-25(34)18-23)29(37)21-39-28-17-16-24-13-7-8-15-26(24)30(28)33/h4-18,27H,19-21H2,1-3H3,(H,35,38)/t27-/m1/s1. The van der Waals surface area contributed by atoms with Gasteiger partial charge in [-0.25, -0.2) is 0 Å². The highest BCUT2D eigenvalue weighted by molar-refractivity contribution is 9.10. The molecule has 202 valence electrons. The van der Waals surface area contributed by atoms with Gasteiger partial charge >= 0.3 is 0 Å². The van der Waals surface area contributed by atoms with Gasteiger partial charge in [0.1, 0.15) is 11.8 Å². The van der Waals surface area contributed by atoms with E-state index in [4.69, 9.17) is 16.3 Å². The second-order valence-corrected chi connectivity index (χ2v) is 11.7. The lowest BCUT2D eigenvalue weighted by atomic mass is 10.0. The normalized spacial score (nSPS) is 12.1. The van der Waals surface area contributed by atoms with E-state index in [1.807, 2.05) is 106 Å². The molecule has 0 aliphatic heterocycles. The first-order valence-electron chi connectivity index (χ1n) is 12.8. The van der Waals surface area contributed by atoms with Crippen LogP contribution in [0.2, 0.25) is 5.02 Å². The molecule has 0 radical (unpaired) electrons. The average Bonchev–Trinajstić information content (AvgIpc) is 2.90. The zero-order chi connectivity index (χ0) is 28.0. The van der Waals surface area contributed by atoms with Crippen molar-refractivity contribution in [2.45, 2.75) is 45.3 Å². The number of benzene rings is 4. The topological polar surface area (TPSA) is 58.6 Å². The molecule has 0 bridgehead atoms. The zero-order valence-electron chi connectivity index (χ0n) is 22.3. The largest absolute Gasteiger partial charge is 0.483 e. The molecule has 0 fully saturated rings. The van der Waals surface area contributed by atoms with E-state index in [0.717, 1.165) is 26.4 Å². The molecule has 2 amide bonds. The number of rotatable bonds is 9. The monoisotopic (exact) mass is 606 g/mol.